The molecule has 0 aromatic heterocycles. The Labute approximate surface area is 109 Å². The van der Waals surface area contributed by atoms with Crippen LogP contribution in [0.3, 0.4) is 0 Å². The van der Waals surface area contributed by atoms with Gasteiger partial charge in [-0.3, -0.25) is 4.79 Å². The van der Waals surface area contributed by atoms with Gasteiger partial charge < -0.3 is 10.8 Å². The third-order valence-corrected chi connectivity index (χ3v) is 3.54. The minimum Gasteiger partial charge on any atom is -0.481 e. The molecule has 0 saturated heterocycles. The van der Waals surface area contributed by atoms with Crippen LogP contribution in [0.4, 0.5) is 0 Å². The summed E-state index contributed by atoms with van der Waals surface area (Å²) in [5.41, 5.74) is 5.67. The van der Waals surface area contributed by atoms with E-state index in [1.165, 1.54) is 0 Å². The number of carbonyl (C=O) groups is 1. The second-order valence-electron chi connectivity index (χ2n) is 4.77. The highest BCUT2D eigenvalue weighted by molar-refractivity contribution is 5.81. The lowest BCUT2D eigenvalue weighted by atomic mass is 9.76. The third kappa shape index (κ3) is 3.33. The first-order chi connectivity index (χ1) is 8.67. The molecular formula is C15H23NO2. The van der Waals surface area contributed by atoms with Gasteiger partial charge in [0, 0.05) is 6.54 Å². The fraction of sp³-hybridized carbons (Fsp3) is 0.533. The molecule has 0 aliphatic rings. The molecule has 0 aliphatic carbocycles. The van der Waals surface area contributed by atoms with Crippen molar-refractivity contribution >= 4 is 5.97 Å². The molecule has 0 fully saturated rings. The number of carboxylic acid groups (broad SMARTS) is 1. The van der Waals surface area contributed by atoms with Crippen molar-refractivity contribution in [3.8, 4) is 0 Å². The van der Waals surface area contributed by atoms with E-state index in [0.29, 0.717) is 6.42 Å². The lowest BCUT2D eigenvalue weighted by Crippen LogP contribution is -2.43. The van der Waals surface area contributed by atoms with Crippen molar-refractivity contribution in [3.63, 3.8) is 0 Å². The number of carboxylic acids is 1. The van der Waals surface area contributed by atoms with Gasteiger partial charge in [-0.1, -0.05) is 62.9 Å². The number of aliphatic carboxylic acids is 1. The van der Waals surface area contributed by atoms with E-state index in [2.05, 4.69) is 6.92 Å². The van der Waals surface area contributed by atoms with Crippen molar-refractivity contribution in [3.05, 3.63) is 35.9 Å². The van der Waals surface area contributed by atoms with Gasteiger partial charge in [0.1, 0.15) is 5.41 Å². The predicted molar refractivity (Wildman–Crippen MR) is 73.6 cm³/mol. The van der Waals surface area contributed by atoms with E-state index < -0.39 is 11.4 Å². The van der Waals surface area contributed by atoms with Crippen LogP contribution in [-0.2, 0) is 10.2 Å². The van der Waals surface area contributed by atoms with Crippen LogP contribution in [0.2, 0.25) is 0 Å². The van der Waals surface area contributed by atoms with Crippen molar-refractivity contribution in [1.82, 2.24) is 0 Å². The summed E-state index contributed by atoms with van der Waals surface area (Å²) < 4.78 is 0. The zero-order valence-corrected chi connectivity index (χ0v) is 11.1. The van der Waals surface area contributed by atoms with E-state index in [1.54, 1.807) is 0 Å². The topological polar surface area (TPSA) is 63.3 Å². The van der Waals surface area contributed by atoms with Gasteiger partial charge in [0.2, 0.25) is 0 Å². The van der Waals surface area contributed by atoms with Gasteiger partial charge in [-0.05, 0) is 12.0 Å². The van der Waals surface area contributed by atoms with Crippen molar-refractivity contribution in [2.75, 3.05) is 6.54 Å². The average molecular weight is 249 g/mol. The Morgan fingerprint density at radius 3 is 2.39 bits per heavy atom. The number of nitrogens with two attached hydrogens (primary N) is 1. The van der Waals surface area contributed by atoms with E-state index in [-0.39, 0.29) is 6.54 Å². The highest BCUT2D eigenvalue weighted by Gasteiger charge is 2.38. The predicted octanol–water partition coefficient (Wildman–Crippen LogP) is 2.94. The van der Waals surface area contributed by atoms with Gasteiger partial charge in [-0.15, -0.1) is 0 Å². The third-order valence-electron chi connectivity index (χ3n) is 3.54. The summed E-state index contributed by atoms with van der Waals surface area (Å²) in [5.74, 6) is -0.812. The summed E-state index contributed by atoms with van der Waals surface area (Å²) in [6.07, 6.45) is 4.89. The number of rotatable bonds is 8. The van der Waals surface area contributed by atoms with Crippen LogP contribution in [0.15, 0.2) is 30.3 Å². The normalized spacial score (nSPS) is 14.1. The van der Waals surface area contributed by atoms with Crippen molar-refractivity contribution in [1.29, 1.82) is 0 Å². The Bertz CT molecular complexity index is 364. The second-order valence-corrected chi connectivity index (χ2v) is 4.77. The minimum atomic E-state index is -0.922. The molecule has 3 heteroatoms. The Morgan fingerprint density at radius 1 is 1.22 bits per heavy atom. The zero-order chi connectivity index (χ0) is 13.4. The quantitative estimate of drug-likeness (QED) is 0.696. The fourth-order valence-electron chi connectivity index (χ4n) is 2.29. The summed E-state index contributed by atoms with van der Waals surface area (Å²) in [6.45, 7) is 2.29. The first kappa shape index (κ1) is 14.7. The van der Waals surface area contributed by atoms with Crippen LogP contribution < -0.4 is 5.73 Å². The van der Waals surface area contributed by atoms with Crippen LogP contribution in [0.25, 0.3) is 0 Å². The van der Waals surface area contributed by atoms with Crippen molar-refractivity contribution < 1.29 is 9.90 Å². The molecule has 0 saturated carbocycles. The molecule has 0 radical (unpaired) electrons. The standard InChI is InChI=1S/C15H23NO2/c1-2-3-4-8-11-15(12-16,14(17)18)13-9-6-5-7-10-13/h5-7,9-10H,2-4,8,11-12,16H2,1H3,(H,17,18). The maximum Gasteiger partial charge on any atom is 0.315 e. The average Bonchev–Trinajstić information content (AvgIpc) is 2.40. The number of hydrogen-bond donors (Lipinski definition) is 2. The highest BCUT2D eigenvalue weighted by Crippen LogP contribution is 2.30. The summed E-state index contributed by atoms with van der Waals surface area (Å²) in [5, 5.41) is 9.55. The molecule has 1 unspecified atom stereocenters. The van der Waals surface area contributed by atoms with Crippen molar-refractivity contribution in [2.24, 2.45) is 5.73 Å². The zero-order valence-electron chi connectivity index (χ0n) is 11.1. The van der Waals surface area contributed by atoms with E-state index in [9.17, 15) is 9.90 Å². The number of unbranched alkanes of at least 4 members (excludes halogenated alkanes) is 3. The highest BCUT2D eigenvalue weighted by atomic mass is 16.4. The summed E-state index contributed by atoms with van der Waals surface area (Å²) in [4.78, 5) is 11.6. The Kier molecular flexibility index (Phi) is 5.86. The maximum absolute atomic E-state index is 11.6. The second kappa shape index (κ2) is 7.17. The maximum atomic E-state index is 11.6. The van der Waals surface area contributed by atoms with Gasteiger partial charge >= 0.3 is 5.97 Å². The molecule has 1 rings (SSSR count). The van der Waals surface area contributed by atoms with Crippen LogP contribution in [0.5, 0.6) is 0 Å². The first-order valence-electron chi connectivity index (χ1n) is 6.66. The monoisotopic (exact) mass is 249 g/mol. The molecule has 0 spiro atoms. The molecule has 1 atom stereocenters. The van der Waals surface area contributed by atoms with Gasteiger partial charge in [-0.25, -0.2) is 0 Å². The minimum absolute atomic E-state index is 0.151. The summed E-state index contributed by atoms with van der Waals surface area (Å²) in [7, 11) is 0. The van der Waals surface area contributed by atoms with E-state index >= 15 is 0 Å². The van der Waals surface area contributed by atoms with Crippen molar-refractivity contribution in [2.45, 2.75) is 44.4 Å². The fourth-order valence-corrected chi connectivity index (χ4v) is 2.29. The largest absolute Gasteiger partial charge is 0.481 e. The van der Waals surface area contributed by atoms with Crippen LogP contribution in [0, 0.1) is 0 Å². The Morgan fingerprint density at radius 2 is 1.89 bits per heavy atom. The van der Waals surface area contributed by atoms with Crippen LogP contribution >= 0.6 is 0 Å². The molecular weight excluding hydrogens is 226 g/mol. The number of benzene rings is 1. The molecule has 3 N–H and O–H groups in total. The lowest BCUT2D eigenvalue weighted by Gasteiger charge is -2.28. The van der Waals surface area contributed by atoms with Crippen LogP contribution in [-0.4, -0.2) is 17.6 Å². The Hall–Kier alpha value is -1.35. The molecule has 1 aromatic carbocycles. The van der Waals surface area contributed by atoms with E-state index in [1.807, 2.05) is 30.3 Å². The van der Waals surface area contributed by atoms with Crippen LogP contribution in [0.1, 0.15) is 44.6 Å². The summed E-state index contributed by atoms with van der Waals surface area (Å²) in [6, 6.07) is 9.36. The smallest absolute Gasteiger partial charge is 0.315 e. The van der Waals surface area contributed by atoms with Gasteiger partial charge in [0.25, 0.3) is 0 Å². The van der Waals surface area contributed by atoms with Gasteiger partial charge in [0.15, 0.2) is 0 Å². The van der Waals surface area contributed by atoms with Gasteiger partial charge in [0.05, 0.1) is 0 Å². The SMILES string of the molecule is CCCCCCC(CN)(C(=O)O)c1ccccc1. The van der Waals surface area contributed by atoms with E-state index in [4.69, 9.17) is 5.73 Å². The Balaban J connectivity index is 2.85. The molecule has 0 aliphatic heterocycles. The molecule has 18 heavy (non-hydrogen) atoms. The summed E-state index contributed by atoms with van der Waals surface area (Å²) >= 11 is 0. The molecule has 0 amide bonds. The number of hydrogen-bond acceptors (Lipinski definition) is 2. The van der Waals surface area contributed by atoms with Gasteiger partial charge in [-0.2, -0.15) is 0 Å². The molecule has 0 heterocycles. The lowest BCUT2D eigenvalue weighted by molar-refractivity contribution is -0.143. The molecule has 0 bridgehead atoms. The first-order valence-corrected chi connectivity index (χ1v) is 6.66. The van der Waals surface area contributed by atoms with E-state index in [0.717, 1.165) is 31.2 Å². The molecule has 100 valence electrons. The molecule has 3 nitrogen and oxygen atoms in total. The molecule has 1 aromatic rings.